The maximum Gasteiger partial charge on any atom is 0.573 e. The Labute approximate surface area is 161 Å². The molecule has 0 saturated carbocycles. The van der Waals surface area contributed by atoms with Gasteiger partial charge in [0.1, 0.15) is 17.6 Å². The average Bonchev–Trinajstić information content (AvgIpc) is 2.66. The monoisotopic (exact) mass is 394 g/mol. The van der Waals surface area contributed by atoms with Gasteiger partial charge < -0.3 is 19.3 Å². The predicted molar refractivity (Wildman–Crippen MR) is 98.8 cm³/mol. The molecular formula is C20H21F3N2O3. The van der Waals surface area contributed by atoms with Crippen molar-refractivity contribution in [1.29, 1.82) is 0 Å². The number of hydrogen-bond acceptors (Lipinski definition) is 4. The summed E-state index contributed by atoms with van der Waals surface area (Å²) >= 11 is 0. The quantitative estimate of drug-likeness (QED) is 0.770. The van der Waals surface area contributed by atoms with Crippen molar-refractivity contribution in [1.82, 2.24) is 4.90 Å². The molecule has 0 saturated heterocycles. The highest BCUT2D eigenvalue weighted by Crippen LogP contribution is 2.33. The molecule has 1 atom stereocenters. The average molecular weight is 394 g/mol. The van der Waals surface area contributed by atoms with Crippen molar-refractivity contribution in [2.24, 2.45) is 0 Å². The summed E-state index contributed by atoms with van der Waals surface area (Å²) in [6, 6.07) is 12.6. The molecule has 1 aliphatic heterocycles. The Morgan fingerprint density at radius 3 is 2.54 bits per heavy atom. The van der Waals surface area contributed by atoms with E-state index in [9.17, 15) is 18.0 Å². The molecule has 0 bridgehead atoms. The highest BCUT2D eigenvalue weighted by atomic mass is 19.4. The molecule has 2 aromatic carbocycles. The second-order valence-corrected chi connectivity index (χ2v) is 6.50. The van der Waals surface area contributed by atoms with E-state index in [1.165, 1.54) is 17.0 Å². The Bertz CT molecular complexity index is 824. The lowest BCUT2D eigenvalue weighted by atomic mass is 10.1. The lowest BCUT2D eigenvalue weighted by Crippen LogP contribution is -2.46. The standard InChI is InChI=1S/C20H21F3N2O3/c1-3-25-13-16(27-18-7-5-4-6-17(18)25)12-24(2)19(26)14-8-10-15(11-9-14)28-20(21,22)23/h4-11,16H,3,12-13H2,1-2H3/t16-/m0/s1. The second-order valence-electron chi connectivity index (χ2n) is 6.50. The lowest BCUT2D eigenvalue weighted by molar-refractivity contribution is -0.274. The minimum atomic E-state index is -4.76. The van der Waals surface area contributed by atoms with E-state index >= 15 is 0 Å². The molecule has 0 unspecified atom stereocenters. The van der Waals surface area contributed by atoms with E-state index in [1.807, 2.05) is 24.3 Å². The van der Waals surface area contributed by atoms with Crippen LogP contribution in [0, 0.1) is 0 Å². The summed E-state index contributed by atoms with van der Waals surface area (Å²) in [5.41, 5.74) is 1.30. The molecule has 1 heterocycles. The summed E-state index contributed by atoms with van der Waals surface area (Å²) in [6.07, 6.45) is -4.97. The molecule has 0 fully saturated rings. The van der Waals surface area contributed by atoms with Crippen molar-refractivity contribution in [3.8, 4) is 11.5 Å². The van der Waals surface area contributed by atoms with Gasteiger partial charge in [0.2, 0.25) is 0 Å². The fourth-order valence-corrected chi connectivity index (χ4v) is 3.18. The molecule has 0 radical (unpaired) electrons. The zero-order chi connectivity index (χ0) is 20.3. The zero-order valence-electron chi connectivity index (χ0n) is 15.6. The van der Waals surface area contributed by atoms with E-state index < -0.39 is 6.36 Å². The third kappa shape index (κ3) is 4.68. The number of benzene rings is 2. The molecule has 2 aromatic rings. The van der Waals surface area contributed by atoms with Gasteiger partial charge in [-0.05, 0) is 43.3 Å². The lowest BCUT2D eigenvalue weighted by Gasteiger charge is -2.37. The smallest absolute Gasteiger partial charge is 0.485 e. The number of likely N-dealkylation sites (N-methyl/N-ethyl adjacent to an activating group) is 2. The fourth-order valence-electron chi connectivity index (χ4n) is 3.18. The SMILES string of the molecule is CCN1C[C@H](CN(C)C(=O)c2ccc(OC(F)(F)F)cc2)Oc2ccccc21. The van der Waals surface area contributed by atoms with Crippen LogP contribution >= 0.6 is 0 Å². The van der Waals surface area contributed by atoms with Crippen molar-refractivity contribution < 1.29 is 27.4 Å². The van der Waals surface area contributed by atoms with Crippen LogP contribution in [0.25, 0.3) is 0 Å². The van der Waals surface area contributed by atoms with E-state index in [4.69, 9.17) is 4.74 Å². The number of para-hydroxylation sites is 2. The first kappa shape index (κ1) is 19.9. The molecule has 0 N–H and O–H groups in total. The number of ether oxygens (including phenoxy) is 2. The summed E-state index contributed by atoms with van der Waals surface area (Å²) in [7, 11) is 1.64. The number of anilines is 1. The summed E-state index contributed by atoms with van der Waals surface area (Å²) in [6.45, 7) is 3.86. The summed E-state index contributed by atoms with van der Waals surface area (Å²) < 4.78 is 46.6. The molecule has 8 heteroatoms. The number of alkyl halides is 3. The number of fused-ring (bicyclic) bond motifs is 1. The molecule has 28 heavy (non-hydrogen) atoms. The van der Waals surface area contributed by atoms with E-state index in [1.54, 1.807) is 7.05 Å². The molecule has 1 aliphatic rings. The second kappa shape index (κ2) is 8.00. The first-order chi connectivity index (χ1) is 13.3. The first-order valence-corrected chi connectivity index (χ1v) is 8.88. The molecule has 1 amide bonds. The van der Waals surface area contributed by atoms with Gasteiger partial charge >= 0.3 is 6.36 Å². The van der Waals surface area contributed by atoms with Crippen LogP contribution in [0.3, 0.4) is 0 Å². The van der Waals surface area contributed by atoms with Crippen LogP contribution in [-0.2, 0) is 0 Å². The summed E-state index contributed by atoms with van der Waals surface area (Å²) in [5.74, 6) is 0.108. The molecule has 0 aliphatic carbocycles. The highest BCUT2D eigenvalue weighted by Gasteiger charge is 2.31. The molecule has 0 spiro atoms. The van der Waals surface area contributed by atoms with Crippen LogP contribution in [-0.4, -0.2) is 50.0 Å². The minimum Gasteiger partial charge on any atom is -0.485 e. The Hall–Kier alpha value is -2.90. The number of nitrogens with zero attached hydrogens (tertiary/aromatic N) is 2. The first-order valence-electron chi connectivity index (χ1n) is 8.88. The molecule has 5 nitrogen and oxygen atoms in total. The number of carbonyl (C=O) groups is 1. The van der Waals surface area contributed by atoms with Gasteiger partial charge in [0, 0.05) is 19.2 Å². The third-order valence-corrected chi connectivity index (χ3v) is 4.46. The Morgan fingerprint density at radius 2 is 1.89 bits per heavy atom. The number of amides is 1. The molecular weight excluding hydrogens is 373 g/mol. The van der Waals surface area contributed by atoms with Crippen molar-refractivity contribution in [3.05, 3.63) is 54.1 Å². The van der Waals surface area contributed by atoms with Gasteiger partial charge in [-0.2, -0.15) is 0 Å². The van der Waals surface area contributed by atoms with Gasteiger partial charge in [0.25, 0.3) is 5.91 Å². The van der Waals surface area contributed by atoms with Crippen LogP contribution in [0.4, 0.5) is 18.9 Å². The number of rotatable bonds is 5. The Kier molecular flexibility index (Phi) is 5.67. The maximum atomic E-state index is 12.6. The number of hydrogen-bond donors (Lipinski definition) is 0. The van der Waals surface area contributed by atoms with E-state index in [-0.39, 0.29) is 23.3 Å². The van der Waals surface area contributed by atoms with E-state index in [0.717, 1.165) is 30.1 Å². The number of carbonyl (C=O) groups excluding carboxylic acids is 1. The van der Waals surface area contributed by atoms with Crippen LogP contribution in [0.5, 0.6) is 11.5 Å². The highest BCUT2D eigenvalue weighted by molar-refractivity contribution is 5.94. The van der Waals surface area contributed by atoms with Crippen LogP contribution in [0.2, 0.25) is 0 Å². The van der Waals surface area contributed by atoms with Gasteiger partial charge in [-0.15, -0.1) is 13.2 Å². The van der Waals surface area contributed by atoms with E-state index in [2.05, 4.69) is 16.6 Å². The minimum absolute atomic E-state index is 0.211. The fraction of sp³-hybridized carbons (Fsp3) is 0.350. The molecule has 0 aromatic heterocycles. The van der Waals surface area contributed by atoms with Crippen molar-refractivity contribution in [2.75, 3.05) is 31.6 Å². The van der Waals surface area contributed by atoms with Crippen LogP contribution in [0.15, 0.2) is 48.5 Å². The van der Waals surface area contributed by atoms with Crippen LogP contribution in [0.1, 0.15) is 17.3 Å². The summed E-state index contributed by atoms with van der Waals surface area (Å²) in [5, 5.41) is 0. The van der Waals surface area contributed by atoms with Gasteiger partial charge in [-0.25, -0.2) is 0 Å². The van der Waals surface area contributed by atoms with Gasteiger partial charge in [-0.3, -0.25) is 4.79 Å². The Morgan fingerprint density at radius 1 is 1.21 bits per heavy atom. The van der Waals surface area contributed by atoms with E-state index in [0.29, 0.717) is 13.1 Å². The summed E-state index contributed by atoms with van der Waals surface area (Å²) in [4.78, 5) is 16.3. The Balaban J connectivity index is 1.64. The zero-order valence-corrected chi connectivity index (χ0v) is 15.6. The number of halogens is 3. The normalized spacial score (nSPS) is 16.2. The van der Waals surface area contributed by atoms with Crippen molar-refractivity contribution >= 4 is 11.6 Å². The molecule has 3 rings (SSSR count). The van der Waals surface area contributed by atoms with Gasteiger partial charge in [0.05, 0.1) is 18.8 Å². The van der Waals surface area contributed by atoms with Crippen molar-refractivity contribution in [2.45, 2.75) is 19.4 Å². The van der Waals surface area contributed by atoms with Gasteiger partial charge in [0.15, 0.2) is 0 Å². The predicted octanol–water partition coefficient (Wildman–Crippen LogP) is 3.94. The van der Waals surface area contributed by atoms with Gasteiger partial charge in [-0.1, -0.05) is 12.1 Å². The molecule has 150 valence electrons. The van der Waals surface area contributed by atoms with Crippen LogP contribution < -0.4 is 14.4 Å². The largest absolute Gasteiger partial charge is 0.573 e. The van der Waals surface area contributed by atoms with Crippen molar-refractivity contribution in [3.63, 3.8) is 0 Å². The topological polar surface area (TPSA) is 42.0 Å². The maximum absolute atomic E-state index is 12.6. The third-order valence-electron chi connectivity index (χ3n) is 4.46.